The van der Waals surface area contributed by atoms with Crippen LogP contribution in [0, 0.1) is 0 Å². The normalized spacial score (nSPS) is 10.7. The highest BCUT2D eigenvalue weighted by atomic mass is 16.5. The van der Waals surface area contributed by atoms with Gasteiger partial charge in [-0.1, -0.05) is 12.1 Å². The van der Waals surface area contributed by atoms with E-state index in [-0.39, 0.29) is 19.0 Å². The first kappa shape index (κ1) is 11.7. The molecule has 0 unspecified atom stereocenters. The van der Waals surface area contributed by atoms with E-state index in [2.05, 4.69) is 4.74 Å². The number of ether oxygens (including phenoxy) is 1. The number of benzene rings is 1. The molecule has 17 heavy (non-hydrogen) atoms. The van der Waals surface area contributed by atoms with Gasteiger partial charge in [-0.3, -0.25) is 4.79 Å². The van der Waals surface area contributed by atoms with E-state index in [1.54, 1.807) is 0 Å². The number of aliphatic hydroxyl groups is 1. The molecule has 2 aromatic rings. The summed E-state index contributed by atoms with van der Waals surface area (Å²) in [6.07, 6.45) is 0.740. The molecular formula is C13H14O4. The average molecular weight is 234 g/mol. The van der Waals surface area contributed by atoms with E-state index in [9.17, 15) is 4.79 Å². The molecule has 0 fully saturated rings. The highest BCUT2D eigenvalue weighted by Crippen LogP contribution is 2.21. The van der Waals surface area contributed by atoms with Crippen molar-refractivity contribution in [2.45, 2.75) is 12.8 Å². The standard InChI is InChI=1S/C13H14O4/c1-16-13(15)7-9-2-3-10-8-11(4-5-14)17-12(10)6-9/h2-3,6,8,14H,4-5,7H2,1H3. The Morgan fingerprint density at radius 1 is 1.41 bits per heavy atom. The zero-order valence-corrected chi connectivity index (χ0v) is 9.60. The second-order valence-electron chi connectivity index (χ2n) is 3.81. The fraction of sp³-hybridized carbons (Fsp3) is 0.308. The van der Waals surface area contributed by atoms with Crippen LogP contribution in [0.15, 0.2) is 28.7 Å². The Hall–Kier alpha value is -1.81. The number of carbonyl (C=O) groups excluding carboxylic acids is 1. The molecule has 0 bridgehead atoms. The van der Waals surface area contributed by atoms with Crippen LogP contribution >= 0.6 is 0 Å². The van der Waals surface area contributed by atoms with Gasteiger partial charge in [0.25, 0.3) is 0 Å². The Labute approximate surface area is 98.8 Å². The van der Waals surface area contributed by atoms with E-state index < -0.39 is 0 Å². The molecule has 0 radical (unpaired) electrons. The molecular weight excluding hydrogens is 220 g/mol. The van der Waals surface area contributed by atoms with Crippen LogP contribution in [-0.4, -0.2) is 24.8 Å². The molecule has 0 saturated heterocycles. The van der Waals surface area contributed by atoms with Crippen LogP contribution in [0.25, 0.3) is 11.0 Å². The Morgan fingerprint density at radius 3 is 2.94 bits per heavy atom. The average Bonchev–Trinajstić information content (AvgIpc) is 2.71. The predicted molar refractivity (Wildman–Crippen MR) is 62.7 cm³/mol. The number of methoxy groups -OCH3 is 1. The molecule has 1 aromatic carbocycles. The van der Waals surface area contributed by atoms with E-state index in [0.717, 1.165) is 22.3 Å². The number of aliphatic hydroxyl groups excluding tert-OH is 1. The molecule has 0 saturated carbocycles. The lowest BCUT2D eigenvalue weighted by Crippen LogP contribution is -2.03. The lowest BCUT2D eigenvalue weighted by atomic mass is 10.1. The highest BCUT2D eigenvalue weighted by molar-refractivity contribution is 5.80. The third-order valence-electron chi connectivity index (χ3n) is 2.57. The van der Waals surface area contributed by atoms with Gasteiger partial charge in [0.05, 0.1) is 20.1 Å². The number of fused-ring (bicyclic) bond motifs is 1. The Kier molecular flexibility index (Phi) is 3.44. The molecule has 1 heterocycles. The molecule has 1 N–H and O–H groups in total. The van der Waals surface area contributed by atoms with Gasteiger partial charge < -0.3 is 14.3 Å². The molecule has 0 atom stereocenters. The van der Waals surface area contributed by atoms with Gasteiger partial charge in [-0.15, -0.1) is 0 Å². The maximum absolute atomic E-state index is 11.1. The molecule has 0 aliphatic rings. The second kappa shape index (κ2) is 5.01. The summed E-state index contributed by atoms with van der Waals surface area (Å²) in [6.45, 7) is 0.0643. The van der Waals surface area contributed by atoms with Crippen molar-refractivity contribution in [2.24, 2.45) is 0 Å². The zero-order valence-electron chi connectivity index (χ0n) is 9.60. The van der Waals surface area contributed by atoms with Crippen LogP contribution in [0.2, 0.25) is 0 Å². The summed E-state index contributed by atoms with van der Waals surface area (Å²) in [5.74, 6) is 0.476. The number of esters is 1. The topological polar surface area (TPSA) is 59.7 Å². The molecule has 4 heteroatoms. The van der Waals surface area contributed by atoms with Crippen molar-refractivity contribution < 1.29 is 19.1 Å². The van der Waals surface area contributed by atoms with Crippen molar-refractivity contribution >= 4 is 16.9 Å². The third kappa shape index (κ3) is 2.65. The highest BCUT2D eigenvalue weighted by Gasteiger charge is 2.07. The van der Waals surface area contributed by atoms with Crippen LogP contribution in [0.3, 0.4) is 0 Å². The van der Waals surface area contributed by atoms with Gasteiger partial charge in [-0.25, -0.2) is 0 Å². The van der Waals surface area contributed by atoms with Crippen molar-refractivity contribution in [1.29, 1.82) is 0 Å². The van der Waals surface area contributed by atoms with Gasteiger partial charge in [-0.2, -0.15) is 0 Å². The maximum atomic E-state index is 11.1. The van der Waals surface area contributed by atoms with Gasteiger partial charge in [0.1, 0.15) is 11.3 Å². The summed E-state index contributed by atoms with van der Waals surface area (Å²) in [6, 6.07) is 7.50. The van der Waals surface area contributed by atoms with Gasteiger partial charge >= 0.3 is 5.97 Å². The molecule has 0 aliphatic carbocycles. The zero-order chi connectivity index (χ0) is 12.3. The van der Waals surface area contributed by atoms with E-state index in [1.807, 2.05) is 24.3 Å². The molecule has 1 aromatic heterocycles. The SMILES string of the molecule is COC(=O)Cc1ccc2cc(CCO)oc2c1. The summed E-state index contributed by atoms with van der Waals surface area (Å²) in [7, 11) is 1.37. The Balaban J connectivity index is 2.26. The summed E-state index contributed by atoms with van der Waals surface area (Å²) in [5.41, 5.74) is 1.59. The first-order valence-electron chi connectivity index (χ1n) is 5.42. The summed E-state index contributed by atoms with van der Waals surface area (Å²) in [4.78, 5) is 11.1. The largest absolute Gasteiger partial charge is 0.469 e. The van der Waals surface area contributed by atoms with Crippen LogP contribution in [0.5, 0.6) is 0 Å². The first-order valence-corrected chi connectivity index (χ1v) is 5.42. The maximum Gasteiger partial charge on any atom is 0.309 e. The number of hydrogen-bond donors (Lipinski definition) is 1. The number of rotatable bonds is 4. The lowest BCUT2D eigenvalue weighted by molar-refractivity contribution is -0.139. The minimum atomic E-state index is -0.272. The number of hydrogen-bond acceptors (Lipinski definition) is 4. The van der Waals surface area contributed by atoms with Crippen molar-refractivity contribution in [3.8, 4) is 0 Å². The number of furan rings is 1. The fourth-order valence-electron chi connectivity index (χ4n) is 1.71. The van der Waals surface area contributed by atoms with Crippen molar-refractivity contribution in [3.05, 3.63) is 35.6 Å². The summed E-state index contributed by atoms with van der Waals surface area (Å²) >= 11 is 0. The monoisotopic (exact) mass is 234 g/mol. The van der Waals surface area contributed by atoms with Crippen LogP contribution in [0.1, 0.15) is 11.3 Å². The second-order valence-corrected chi connectivity index (χ2v) is 3.81. The van der Waals surface area contributed by atoms with E-state index >= 15 is 0 Å². The first-order chi connectivity index (χ1) is 8.22. The van der Waals surface area contributed by atoms with Crippen LogP contribution < -0.4 is 0 Å². The smallest absolute Gasteiger partial charge is 0.309 e. The van der Waals surface area contributed by atoms with Gasteiger partial charge in [0, 0.05) is 11.8 Å². The van der Waals surface area contributed by atoms with E-state index in [0.29, 0.717) is 6.42 Å². The van der Waals surface area contributed by atoms with E-state index in [4.69, 9.17) is 9.52 Å². The van der Waals surface area contributed by atoms with Crippen LogP contribution in [0.4, 0.5) is 0 Å². The molecule has 2 rings (SSSR count). The number of carbonyl (C=O) groups is 1. The third-order valence-corrected chi connectivity index (χ3v) is 2.57. The van der Waals surface area contributed by atoms with Gasteiger partial charge in [0.2, 0.25) is 0 Å². The minimum Gasteiger partial charge on any atom is -0.469 e. The summed E-state index contributed by atoms with van der Waals surface area (Å²) < 4.78 is 10.2. The molecule has 0 spiro atoms. The molecule has 90 valence electrons. The minimum absolute atomic E-state index is 0.0643. The fourth-order valence-corrected chi connectivity index (χ4v) is 1.71. The van der Waals surface area contributed by atoms with Gasteiger partial charge in [-0.05, 0) is 17.7 Å². The Morgan fingerprint density at radius 2 is 2.24 bits per heavy atom. The van der Waals surface area contributed by atoms with Crippen molar-refractivity contribution in [2.75, 3.05) is 13.7 Å². The quantitative estimate of drug-likeness (QED) is 0.818. The van der Waals surface area contributed by atoms with Crippen molar-refractivity contribution in [1.82, 2.24) is 0 Å². The predicted octanol–water partition coefficient (Wildman–Crippen LogP) is 1.68. The molecule has 4 nitrogen and oxygen atoms in total. The van der Waals surface area contributed by atoms with E-state index in [1.165, 1.54) is 7.11 Å². The van der Waals surface area contributed by atoms with Crippen molar-refractivity contribution in [3.63, 3.8) is 0 Å². The Bertz CT molecular complexity index is 527. The molecule has 0 aliphatic heterocycles. The van der Waals surface area contributed by atoms with Gasteiger partial charge in [0.15, 0.2) is 0 Å². The lowest BCUT2D eigenvalue weighted by Gasteiger charge is -1.99. The van der Waals surface area contributed by atoms with Crippen LogP contribution in [-0.2, 0) is 22.4 Å². The summed E-state index contributed by atoms with van der Waals surface area (Å²) in [5, 5.41) is 9.80. The molecule has 0 amide bonds.